The van der Waals surface area contributed by atoms with Crippen LogP contribution in [0.1, 0.15) is 15.9 Å². The highest BCUT2D eigenvalue weighted by atomic mass is 31.2. The highest BCUT2D eigenvalue weighted by molar-refractivity contribution is 7.84. The lowest BCUT2D eigenvalue weighted by Gasteiger charge is -2.27. The van der Waals surface area contributed by atoms with Crippen LogP contribution in [0.25, 0.3) is 11.1 Å². The summed E-state index contributed by atoms with van der Waals surface area (Å²) in [5.41, 5.74) is 2.54. The Labute approximate surface area is 140 Å². The molecule has 0 saturated carbocycles. The second-order valence-corrected chi connectivity index (χ2v) is 8.00. The number of rotatable bonds is 2. The summed E-state index contributed by atoms with van der Waals surface area (Å²) < 4.78 is 19.5. The highest BCUT2D eigenvalue weighted by Crippen LogP contribution is 2.56. The van der Waals surface area contributed by atoms with Gasteiger partial charge < -0.3 is 4.52 Å². The smallest absolute Gasteiger partial charge is 0.347 e. The fourth-order valence-electron chi connectivity index (χ4n) is 3.01. The Hall–Kier alpha value is -2.64. The van der Waals surface area contributed by atoms with Crippen LogP contribution in [-0.4, -0.2) is 5.52 Å². The van der Waals surface area contributed by atoms with Gasteiger partial charge in [-0.1, -0.05) is 60.2 Å². The zero-order valence-electron chi connectivity index (χ0n) is 13.1. The number of para-hydroxylation sites is 1. The van der Waals surface area contributed by atoms with Crippen LogP contribution in [0.5, 0.6) is 5.75 Å². The van der Waals surface area contributed by atoms with E-state index in [9.17, 15) is 9.36 Å². The van der Waals surface area contributed by atoms with E-state index in [-0.39, 0.29) is 0 Å². The zero-order chi connectivity index (χ0) is 16.7. The van der Waals surface area contributed by atoms with Crippen molar-refractivity contribution in [2.45, 2.75) is 6.92 Å². The van der Waals surface area contributed by atoms with Crippen LogP contribution in [-0.2, 0) is 4.57 Å². The Balaban J connectivity index is 1.93. The molecule has 1 atom stereocenters. The predicted octanol–water partition coefficient (Wildman–Crippen LogP) is 4.80. The minimum Gasteiger partial charge on any atom is -0.434 e. The first-order chi connectivity index (χ1) is 11.6. The second-order valence-electron chi connectivity index (χ2n) is 5.83. The van der Waals surface area contributed by atoms with Crippen LogP contribution in [0.15, 0.2) is 72.8 Å². The first-order valence-corrected chi connectivity index (χ1v) is 9.32. The summed E-state index contributed by atoms with van der Waals surface area (Å²) in [4.78, 5) is 13.1. The number of carbonyl (C=O) groups is 1. The maximum Gasteiger partial charge on any atom is 0.347 e. The third-order valence-corrected chi connectivity index (χ3v) is 6.43. The van der Waals surface area contributed by atoms with Gasteiger partial charge in [0.2, 0.25) is 0 Å². The quantitative estimate of drug-likeness (QED) is 0.632. The molecule has 0 aliphatic carbocycles. The first kappa shape index (κ1) is 14.9. The minimum atomic E-state index is -3.71. The van der Waals surface area contributed by atoms with Gasteiger partial charge in [0.05, 0.1) is 5.30 Å². The molecule has 24 heavy (non-hydrogen) atoms. The third kappa shape index (κ3) is 2.21. The van der Waals surface area contributed by atoms with Gasteiger partial charge in [-0.3, -0.25) is 9.36 Å². The SMILES string of the molecule is Cc1cccc(C(=O)P2(=O)Oc3ccccc3-c3ccccc32)c1. The molecule has 4 heteroatoms. The molecule has 0 N–H and O–H groups in total. The lowest BCUT2D eigenvalue weighted by atomic mass is 10.0. The van der Waals surface area contributed by atoms with Crippen molar-refractivity contribution in [1.82, 2.24) is 0 Å². The van der Waals surface area contributed by atoms with Crippen molar-refractivity contribution in [3.8, 4) is 16.9 Å². The molecule has 0 spiro atoms. The maximum atomic E-state index is 13.7. The molecule has 1 aliphatic rings. The van der Waals surface area contributed by atoms with E-state index in [2.05, 4.69) is 0 Å². The van der Waals surface area contributed by atoms with Crippen molar-refractivity contribution in [1.29, 1.82) is 0 Å². The monoisotopic (exact) mass is 334 g/mol. The van der Waals surface area contributed by atoms with Gasteiger partial charge in [-0.05, 0) is 30.7 Å². The molecule has 1 aliphatic heterocycles. The van der Waals surface area contributed by atoms with Crippen molar-refractivity contribution in [2.24, 2.45) is 0 Å². The van der Waals surface area contributed by atoms with Crippen LogP contribution in [0.3, 0.4) is 0 Å². The molecule has 0 saturated heterocycles. The summed E-state index contributed by atoms with van der Waals surface area (Å²) >= 11 is 0. The van der Waals surface area contributed by atoms with Crippen molar-refractivity contribution >= 4 is 18.2 Å². The van der Waals surface area contributed by atoms with Crippen LogP contribution >= 0.6 is 7.37 Å². The van der Waals surface area contributed by atoms with Gasteiger partial charge >= 0.3 is 7.37 Å². The van der Waals surface area contributed by atoms with Crippen molar-refractivity contribution in [3.05, 3.63) is 83.9 Å². The average Bonchev–Trinajstić information content (AvgIpc) is 2.61. The van der Waals surface area contributed by atoms with Crippen molar-refractivity contribution in [2.75, 3.05) is 0 Å². The number of hydrogen-bond donors (Lipinski definition) is 0. The molecule has 0 aromatic heterocycles. The average molecular weight is 334 g/mol. The molecule has 3 aromatic carbocycles. The molecule has 3 nitrogen and oxygen atoms in total. The molecule has 4 rings (SSSR count). The number of benzene rings is 3. The topological polar surface area (TPSA) is 43.4 Å². The Morgan fingerprint density at radius 3 is 2.38 bits per heavy atom. The number of fused-ring (bicyclic) bond motifs is 3. The molecule has 0 amide bonds. The van der Waals surface area contributed by atoms with Crippen LogP contribution in [0.4, 0.5) is 0 Å². The van der Waals surface area contributed by atoms with Gasteiger partial charge in [0.25, 0.3) is 5.52 Å². The molecule has 1 heterocycles. The fourth-order valence-corrected chi connectivity index (χ4v) is 5.12. The number of carbonyl (C=O) groups excluding carboxylic acids is 1. The van der Waals surface area contributed by atoms with E-state index < -0.39 is 12.9 Å². The summed E-state index contributed by atoms with van der Waals surface area (Å²) in [6.45, 7) is 1.90. The molecule has 0 radical (unpaired) electrons. The number of aryl methyl sites for hydroxylation is 1. The predicted molar refractivity (Wildman–Crippen MR) is 95.3 cm³/mol. The van der Waals surface area contributed by atoms with Gasteiger partial charge in [0.1, 0.15) is 5.75 Å². The highest BCUT2D eigenvalue weighted by Gasteiger charge is 2.43. The third-order valence-electron chi connectivity index (χ3n) is 4.16. The summed E-state index contributed by atoms with van der Waals surface area (Å²) in [5.74, 6) is 0.487. The molecule has 1 unspecified atom stereocenters. The normalized spacial score (nSPS) is 18.2. The van der Waals surface area contributed by atoms with Crippen LogP contribution < -0.4 is 9.83 Å². The van der Waals surface area contributed by atoms with Crippen molar-refractivity contribution < 1.29 is 13.9 Å². The van der Waals surface area contributed by atoms with Gasteiger partial charge in [-0.15, -0.1) is 0 Å². The first-order valence-electron chi connectivity index (χ1n) is 7.70. The van der Waals surface area contributed by atoms with Gasteiger partial charge in [0, 0.05) is 11.1 Å². The molecule has 3 aromatic rings. The zero-order valence-corrected chi connectivity index (χ0v) is 14.0. The molecule has 118 valence electrons. The molecular formula is C20H15O3P. The molecular weight excluding hydrogens is 319 g/mol. The van der Waals surface area contributed by atoms with E-state index in [1.54, 1.807) is 36.4 Å². The summed E-state index contributed by atoms with van der Waals surface area (Å²) in [6, 6.07) is 21.8. The summed E-state index contributed by atoms with van der Waals surface area (Å²) in [7, 11) is -3.71. The number of hydrogen-bond acceptors (Lipinski definition) is 3. The van der Waals surface area contributed by atoms with Gasteiger partial charge in [0.15, 0.2) is 0 Å². The van der Waals surface area contributed by atoms with Gasteiger partial charge in [-0.25, -0.2) is 0 Å². The van der Waals surface area contributed by atoms with Crippen molar-refractivity contribution in [3.63, 3.8) is 0 Å². The van der Waals surface area contributed by atoms with E-state index in [0.717, 1.165) is 16.7 Å². The van der Waals surface area contributed by atoms with E-state index >= 15 is 0 Å². The summed E-state index contributed by atoms with van der Waals surface area (Å²) in [6.07, 6.45) is 0. The van der Waals surface area contributed by atoms with E-state index in [1.165, 1.54) is 0 Å². The standard InChI is InChI=1S/C20H15O3P/c1-14-7-6-8-15(13-14)20(21)24(22)19-12-5-3-10-17(19)16-9-2-4-11-18(16)23-24/h2-13H,1H3. The Morgan fingerprint density at radius 2 is 1.58 bits per heavy atom. The molecule has 0 bridgehead atoms. The lowest BCUT2D eigenvalue weighted by molar-refractivity contribution is 0.106. The minimum absolute atomic E-state index is 0.410. The Bertz CT molecular complexity index is 1010. The lowest BCUT2D eigenvalue weighted by Crippen LogP contribution is -2.23. The van der Waals surface area contributed by atoms with E-state index in [1.807, 2.05) is 43.3 Å². The second kappa shape index (κ2) is 5.47. The van der Waals surface area contributed by atoms with E-state index in [0.29, 0.717) is 16.6 Å². The van der Waals surface area contributed by atoms with Crippen LogP contribution in [0, 0.1) is 6.92 Å². The fraction of sp³-hybridized carbons (Fsp3) is 0.0500. The van der Waals surface area contributed by atoms with E-state index in [4.69, 9.17) is 4.52 Å². The maximum absolute atomic E-state index is 13.7. The largest absolute Gasteiger partial charge is 0.434 e. The van der Waals surface area contributed by atoms with Gasteiger partial charge in [-0.2, -0.15) is 0 Å². The summed E-state index contributed by atoms with van der Waals surface area (Å²) in [5, 5.41) is 0.468. The molecule has 0 fully saturated rings. The van der Waals surface area contributed by atoms with Crippen LogP contribution in [0.2, 0.25) is 0 Å². The Kier molecular flexibility index (Phi) is 3.40. The Morgan fingerprint density at radius 1 is 0.875 bits per heavy atom.